The van der Waals surface area contributed by atoms with Gasteiger partial charge in [-0.2, -0.15) is 0 Å². The van der Waals surface area contributed by atoms with E-state index in [9.17, 15) is 24.3 Å². The van der Waals surface area contributed by atoms with Gasteiger partial charge in [-0.25, -0.2) is 19.7 Å². The number of oxazole rings is 1. The van der Waals surface area contributed by atoms with Crippen LogP contribution in [0.3, 0.4) is 0 Å². The highest BCUT2D eigenvalue weighted by Gasteiger charge is 2.62. The van der Waals surface area contributed by atoms with Crippen molar-refractivity contribution in [3.8, 4) is 0 Å². The minimum Gasteiger partial charge on any atom is -0.443 e. The molecule has 0 radical (unpaired) electrons. The first-order chi connectivity index (χ1) is 19.9. The van der Waals surface area contributed by atoms with Crippen LogP contribution >= 0.6 is 22.7 Å². The van der Waals surface area contributed by atoms with Crippen molar-refractivity contribution in [2.24, 2.45) is 5.92 Å². The van der Waals surface area contributed by atoms with Gasteiger partial charge in [0.05, 0.1) is 12.1 Å². The van der Waals surface area contributed by atoms with Crippen LogP contribution in [0, 0.1) is 12.8 Å². The number of aliphatic hydroxyl groups is 1. The van der Waals surface area contributed by atoms with E-state index in [-0.39, 0.29) is 35.3 Å². The van der Waals surface area contributed by atoms with Crippen molar-refractivity contribution in [3.05, 3.63) is 49.5 Å². The molecule has 16 heteroatoms. The molecular weight excluding hydrogens is 584 g/mol. The SMILES string of the molecule is CC[C@H](C)[C@@H]1NC(=O)c2nc(oc2C)[C@H](C)NC(=O)c2csc(n2)[C@@H]2C[C@]3(O)[C@@H](NC(=O)N3C)N2C(=O)c2csc1n2. The van der Waals surface area contributed by atoms with Crippen LogP contribution in [0.1, 0.15) is 105 Å². The summed E-state index contributed by atoms with van der Waals surface area (Å²) in [7, 11) is 1.46. The first-order valence-corrected chi connectivity index (χ1v) is 15.3. The largest absolute Gasteiger partial charge is 0.443 e. The number of nitrogens with zero attached hydrogens (tertiary/aromatic N) is 5. The molecule has 14 nitrogen and oxygen atoms in total. The van der Waals surface area contributed by atoms with Gasteiger partial charge in [0.2, 0.25) is 5.89 Å². The van der Waals surface area contributed by atoms with E-state index in [0.29, 0.717) is 22.2 Å². The van der Waals surface area contributed by atoms with E-state index in [1.54, 1.807) is 24.6 Å². The van der Waals surface area contributed by atoms with Crippen LogP contribution in [0.4, 0.5) is 4.79 Å². The smallest absolute Gasteiger partial charge is 0.321 e. The predicted octanol–water partition coefficient (Wildman–Crippen LogP) is 2.47. The Morgan fingerprint density at radius 2 is 1.76 bits per heavy atom. The van der Waals surface area contributed by atoms with Crippen molar-refractivity contribution in [1.29, 1.82) is 0 Å². The monoisotopic (exact) mass is 614 g/mol. The van der Waals surface area contributed by atoms with E-state index in [1.165, 1.54) is 39.5 Å². The van der Waals surface area contributed by atoms with Gasteiger partial charge in [-0.05, 0) is 19.8 Å². The van der Waals surface area contributed by atoms with Crippen LogP contribution in [0.5, 0.6) is 0 Å². The lowest BCUT2D eigenvalue weighted by molar-refractivity contribution is -0.0647. The standard InChI is InChI=1S/C26H30N8O6S2/c1-6-10(2)16-22-29-14(9-42-22)23(37)34-15(7-26(39)24(34)32-25(38)33(26)5)21-28-13(8-41-21)18(35)27-11(3)20-31-17(12(4)40-20)19(36)30-16/h8-11,15-16,24,39H,6-7H2,1-5H3,(H,27,35)(H,30,36)(H,32,38)/t10-,11-,15-,16-,24-,26-/m0/s1. The lowest BCUT2D eigenvalue weighted by atomic mass is 9.99. The molecule has 4 N–H and O–H groups in total. The number of rotatable bonds is 2. The van der Waals surface area contributed by atoms with Gasteiger partial charge < -0.3 is 30.4 Å². The molecule has 0 unspecified atom stereocenters. The second kappa shape index (κ2) is 10.1. The number of likely N-dealkylation sites (N-methyl/N-ethyl adjacent to an activating group) is 1. The minimum atomic E-state index is -1.70. The first-order valence-electron chi connectivity index (χ1n) is 13.5. The average Bonchev–Trinajstić information content (AvgIpc) is 3.77. The summed E-state index contributed by atoms with van der Waals surface area (Å²) in [5.41, 5.74) is -1.42. The molecule has 6 bridgehead atoms. The number of carbonyl (C=O) groups is 4. The molecule has 3 aromatic rings. The summed E-state index contributed by atoms with van der Waals surface area (Å²) in [5.74, 6) is -1.08. The zero-order valence-electron chi connectivity index (χ0n) is 23.5. The lowest BCUT2D eigenvalue weighted by Gasteiger charge is -2.29. The van der Waals surface area contributed by atoms with Crippen molar-refractivity contribution >= 4 is 46.4 Å². The molecule has 0 aliphatic carbocycles. The van der Waals surface area contributed by atoms with E-state index < -0.39 is 53.8 Å². The zero-order valence-corrected chi connectivity index (χ0v) is 25.1. The summed E-state index contributed by atoms with van der Waals surface area (Å²) in [6, 6.07) is -2.49. The Morgan fingerprint density at radius 1 is 1.07 bits per heavy atom. The Morgan fingerprint density at radius 3 is 2.50 bits per heavy atom. The van der Waals surface area contributed by atoms with E-state index in [4.69, 9.17) is 4.42 Å². The molecule has 5 amide bonds. The number of urea groups is 1. The molecule has 6 rings (SSSR count). The quantitative estimate of drug-likeness (QED) is 0.337. The van der Waals surface area contributed by atoms with E-state index >= 15 is 0 Å². The van der Waals surface area contributed by atoms with Gasteiger partial charge in [-0.15, -0.1) is 22.7 Å². The molecule has 3 aliphatic rings. The van der Waals surface area contributed by atoms with Crippen LogP contribution < -0.4 is 16.0 Å². The number of hydrogen-bond donors (Lipinski definition) is 4. The summed E-state index contributed by atoms with van der Waals surface area (Å²) >= 11 is 2.40. The molecule has 3 aliphatic heterocycles. The summed E-state index contributed by atoms with van der Waals surface area (Å²) < 4.78 is 5.76. The molecule has 222 valence electrons. The Bertz CT molecular complexity index is 1600. The lowest BCUT2D eigenvalue weighted by Crippen LogP contribution is -2.52. The number of nitrogens with one attached hydrogen (secondary N) is 3. The molecule has 6 heterocycles. The molecule has 2 fully saturated rings. The number of thiazole rings is 2. The molecule has 6 atom stereocenters. The van der Waals surface area contributed by atoms with Crippen LogP contribution in [-0.4, -0.2) is 72.5 Å². The van der Waals surface area contributed by atoms with E-state index in [0.717, 1.165) is 0 Å². The zero-order chi connectivity index (χ0) is 30.1. The maximum absolute atomic E-state index is 14.1. The van der Waals surface area contributed by atoms with Crippen LogP contribution in [0.15, 0.2) is 15.2 Å². The third-order valence-corrected chi connectivity index (χ3v) is 10.1. The van der Waals surface area contributed by atoms with E-state index in [2.05, 4.69) is 30.9 Å². The first kappa shape index (κ1) is 28.2. The molecule has 42 heavy (non-hydrogen) atoms. The van der Waals surface area contributed by atoms with Crippen molar-refractivity contribution in [1.82, 2.24) is 40.7 Å². The Kier molecular flexibility index (Phi) is 6.81. The molecule has 2 saturated heterocycles. The molecule has 3 aromatic heterocycles. The Balaban J connectivity index is 1.47. The van der Waals surface area contributed by atoms with Crippen molar-refractivity contribution < 1.29 is 28.7 Å². The van der Waals surface area contributed by atoms with Gasteiger partial charge in [0, 0.05) is 24.2 Å². The minimum absolute atomic E-state index is 0.0233. The molecule has 0 saturated carbocycles. The number of amides is 5. The fourth-order valence-corrected chi connectivity index (χ4v) is 7.37. The Labute approximate surface area is 248 Å². The number of fused-ring (bicyclic) bond motifs is 10. The molecule has 0 aromatic carbocycles. The predicted molar refractivity (Wildman–Crippen MR) is 150 cm³/mol. The maximum atomic E-state index is 14.1. The highest BCUT2D eigenvalue weighted by atomic mass is 32.1. The summed E-state index contributed by atoms with van der Waals surface area (Å²) in [5, 5.41) is 24.2. The fraction of sp³-hybridized carbons (Fsp3) is 0.500. The summed E-state index contributed by atoms with van der Waals surface area (Å²) in [6.07, 6.45) is -0.381. The average molecular weight is 615 g/mol. The number of hydrogen-bond acceptors (Lipinski definition) is 11. The van der Waals surface area contributed by atoms with Crippen LogP contribution in [0.2, 0.25) is 0 Å². The number of carbonyl (C=O) groups excluding carboxylic acids is 4. The van der Waals surface area contributed by atoms with Crippen LogP contribution in [-0.2, 0) is 0 Å². The summed E-state index contributed by atoms with van der Waals surface area (Å²) in [6.45, 7) is 7.27. The van der Waals surface area contributed by atoms with Crippen LogP contribution in [0.25, 0.3) is 0 Å². The van der Waals surface area contributed by atoms with Gasteiger partial charge in [-0.3, -0.25) is 19.3 Å². The van der Waals surface area contributed by atoms with Crippen molar-refractivity contribution in [2.75, 3.05) is 7.05 Å². The number of aromatic nitrogens is 3. The number of aryl methyl sites for hydroxylation is 1. The third-order valence-electron chi connectivity index (χ3n) is 8.22. The highest BCUT2D eigenvalue weighted by Crippen LogP contribution is 2.47. The van der Waals surface area contributed by atoms with Gasteiger partial charge >= 0.3 is 6.03 Å². The van der Waals surface area contributed by atoms with Gasteiger partial charge in [-0.1, -0.05) is 20.3 Å². The summed E-state index contributed by atoms with van der Waals surface area (Å²) in [4.78, 5) is 69.2. The normalized spacial score (nSPS) is 28.4. The second-order valence-corrected chi connectivity index (χ2v) is 12.6. The maximum Gasteiger partial charge on any atom is 0.321 e. The third kappa shape index (κ3) is 4.35. The second-order valence-electron chi connectivity index (χ2n) is 10.9. The molecular formula is C26H30N8O6S2. The highest BCUT2D eigenvalue weighted by molar-refractivity contribution is 7.10. The van der Waals surface area contributed by atoms with Crippen molar-refractivity contribution in [2.45, 2.75) is 70.6 Å². The molecule has 0 spiro atoms. The fourth-order valence-electron chi connectivity index (χ4n) is 5.50. The Hall–Kier alpha value is -3.89. The van der Waals surface area contributed by atoms with Gasteiger partial charge in [0.1, 0.15) is 33.2 Å². The van der Waals surface area contributed by atoms with Gasteiger partial charge in [0.15, 0.2) is 17.6 Å². The van der Waals surface area contributed by atoms with E-state index in [1.807, 2.05) is 13.8 Å². The van der Waals surface area contributed by atoms with Gasteiger partial charge in [0.25, 0.3) is 17.7 Å². The van der Waals surface area contributed by atoms with Crippen molar-refractivity contribution in [3.63, 3.8) is 0 Å². The topological polar surface area (TPSA) is 183 Å².